The Labute approximate surface area is 141 Å². The summed E-state index contributed by atoms with van der Waals surface area (Å²) in [4.78, 5) is 11.6. The van der Waals surface area contributed by atoms with Crippen LogP contribution in [-0.4, -0.2) is 46.9 Å². The predicted molar refractivity (Wildman–Crippen MR) is 89.8 cm³/mol. The van der Waals surface area contributed by atoms with Gasteiger partial charge >= 0.3 is 6.03 Å². The molecule has 2 N–H and O–H groups in total. The summed E-state index contributed by atoms with van der Waals surface area (Å²) in [5, 5.41) is 5.82. The number of methoxy groups -OCH3 is 1. The highest BCUT2D eigenvalue weighted by Gasteiger charge is 2.24. The summed E-state index contributed by atoms with van der Waals surface area (Å²) < 4.78 is 30.5. The fourth-order valence-electron chi connectivity index (χ4n) is 2.06. The van der Waals surface area contributed by atoms with Crippen LogP contribution in [0.15, 0.2) is 18.2 Å². The van der Waals surface area contributed by atoms with E-state index in [-0.39, 0.29) is 25.2 Å². The number of sulfonamides is 1. The molecule has 1 aliphatic carbocycles. The summed E-state index contributed by atoms with van der Waals surface area (Å²) in [5.74, 6) is 0.391. The number of halogens is 1. The van der Waals surface area contributed by atoms with Gasteiger partial charge in [-0.3, -0.25) is 4.31 Å². The molecule has 128 valence electrons. The zero-order valence-corrected chi connectivity index (χ0v) is 14.6. The van der Waals surface area contributed by atoms with E-state index < -0.39 is 10.0 Å². The van der Waals surface area contributed by atoms with Crippen LogP contribution in [-0.2, 0) is 10.0 Å². The number of hydrogen-bond acceptors (Lipinski definition) is 4. The minimum atomic E-state index is -3.55. The van der Waals surface area contributed by atoms with Gasteiger partial charge in [-0.25, -0.2) is 13.2 Å². The number of urea groups is 1. The number of carbonyl (C=O) groups is 1. The van der Waals surface area contributed by atoms with Gasteiger partial charge in [-0.05, 0) is 31.0 Å². The molecule has 1 aliphatic rings. The lowest BCUT2D eigenvalue weighted by atomic mass is 10.3. The first-order valence-electron chi connectivity index (χ1n) is 7.17. The fourth-order valence-corrected chi connectivity index (χ4v) is 3.15. The second-order valence-corrected chi connectivity index (χ2v) is 7.67. The highest BCUT2D eigenvalue weighted by Crippen LogP contribution is 2.32. The molecule has 1 aromatic rings. The van der Waals surface area contributed by atoms with Crippen LogP contribution in [0.3, 0.4) is 0 Å². The summed E-state index contributed by atoms with van der Waals surface area (Å²) in [7, 11) is -2.10. The number of hydrogen-bond donors (Lipinski definition) is 2. The van der Waals surface area contributed by atoms with Crippen molar-refractivity contribution in [2.75, 3.05) is 30.8 Å². The van der Waals surface area contributed by atoms with Crippen LogP contribution in [0.5, 0.6) is 5.75 Å². The first-order valence-corrected chi connectivity index (χ1v) is 9.39. The van der Waals surface area contributed by atoms with Gasteiger partial charge in [0.05, 0.1) is 25.6 Å². The van der Waals surface area contributed by atoms with Crippen LogP contribution in [0.4, 0.5) is 10.5 Å². The Hall–Kier alpha value is -1.67. The molecular formula is C14H20ClN3O4S. The smallest absolute Gasteiger partial charge is 0.315 e. The molecule has 0 unspecified atom stereocenters. The molecule has 2 rings (SSSR count). The lowest BCUT2D eigenvalue weighted by Gasteiger charge is -2.24. The highest BCUT2D eigenvalue weighted by molar-refractivity contribution is 7.92. The lowest BCUT2D eigenvalue weighted by Crippen LogP contribution is -2.42. The second kappa shape index (κ2) is 7.27. The molecule has 0 aromatic heterocycles. The van der Waals surface area contributed by atoms with Crippen molar-refractivity contribution in [2.24, 2.45) is 0 Å². The molecule has 9 heteroatoms. The third-order valence-corrected chi connectivity index (χ3v) is 4.74. The number of carbonyl (C=O) groups excluding carboxylic acids is 1. The number of ether oxygens (including phenoxy) is 1. The van der Waals surface area contributed by atoms with Gasteiger partial charge in [0.25, 0.3) is 0 Å². The number of nitrogens with zero attached hydrogens (tertiary/aromatic N) is 1. The van der Waals surface area contributed by atoms with Crippen molar-refractivity contribution in [1.82, 2.24) is 10.6 Å². The maximum atomic E-state index is 12.1. The standard InChI is InChI=1S/C14H20ClN3O4S/c1-22-13-6-3-10(15)9-12(13)18(23(2,20)21)8-7-16-14(19)17-11-4-5-11/h3,6,9,11H,4-5,7-8H2,1-2H3,(H2,16,17,19). The van der Waals surface area contributed by atoms with Crippen LogP contribution >= 0.6 is 11.6 Å². The van der Waals surface area contributed by atoms with Gasteiger partial charge < -0.3 is 15.4 Å². The average molecular weight is 362 g/mol. The van der Waals surface area contributed by atoms with E-state index in [2.05, 4.69) is 10.6 Å². The molecule has 23 heavy (non-hydrogen) atoms. The first-order chi connectivity index (χ1) is 10.8. The fraction of sp³-hybridized carbons (Fsp3) is 0.500. The van der Waals surface area contributed by atoms with Crippen molar-refractivity contribution in [3.05, 3.63) is 23.2 Å². The number of anilines is 1. The van der Waals surface area contributed by atoms with Crippen molar-refractivity contribution in [3.63, 3.8) is 0 Å². The van der Waals surface area contributed by atoms with Crippen LogP contribution in [0.25, 0.3) is 0 Å². The summed E-state index contributed by atoms with van der Waals surface area (Å²) >= 11 is 5.96. The van der Waals surface area contributed by atoms with Crippen molar-refractivity contribution in [2.45, 2.75) is 18.9 Å². The van der Waals surface area contributed by atoms with Crippen LogP contribution in [0.1, 0.15) is 12.8 Å². The summed E-state index contributed by atoms with van der Waals surface area (Å²) in [6.07, 6.45) is 3.07. The topological polar surface area (TPSA) is 87.7 Å². The number of nitrogens with one attached hydrogen (secondary N) is 2. The molecule has 1 saturated carbocycles. The summed E-state index contributed by atoms with van der Waals surface area (Å²) in [6, 6.07) is 4.69. The van der Waals surface area contributed by atoms with E-state index in [0.29, 0.717) is 16.5 Å². The maximum Gasteiger partial charge on any atom is 0.315 e. The monoisotopic (exact) mass is 361 g/mol. The minimum absolute atomic E-state index is 0.0770. The predicted octanol–water partition coefficient (Wildman–Crippen LogP) is 1.58. The second-order valence-electron chi connectivity index (χ2n) is 5.33. The van der Waals surface area contributed by atoms with Crippen LogP contribution in [0.2, 0.25) is 5.02 Å². The van der Waals surface area contributed by atoms with Gasteiger partial charge in [0.2, 0.25) is 10.0 Å². The van der Waals surface area contributed by atoms with Gasteiger partial charge in [-0.1, -0.05) is 11.6 Å². The number of rotatable bonds is 7. The molecule has 1 aromatic carbocycles. The molecule has 0 heterocycles. The quantitative estimate of drug-likeness (QED) is 0.771. The Morgan fingerprint density at radius 1 is 1.43 bits per heavy atom. The minimum Gasteiger partial charge on any atom is -0.495 e. The van der Waals surface area contributed by atoms with E-state index in [1.807, 2.05) is 0 Å². The van der Waals surface area contributed by atoms with E-state index in [0.717, 1.165) is 23.4 Å². The van der Waals surface area contributed by atoms with E-state index in [9.17, 15) is 13.2 Å². The molecule has 0 aliphatic heterocycles. The van der Waals surface area contributed by atoms with Gasteiger partial charge in [-0.15, -0.1) is 0 Å². The normalized spacial score (nSPS) is 14.2. The molecule has 2 amide bonds. The first kappa shape index (κ1) is 17.7. The van der Waals surface area contributed by atoms with Gasteiger partial charge in [0.1, 0.15) is 5.75 Å². The Bertz CT molecular complexity index is 677. The van der Waals surface area contributed by atoms with E-state index in [4.69, 9.17) is 16.3 Å². The van der Waals surface area contributed by atoms with E-state index in [1.165, 1.54) is 13.2 Å². The summed E-state index contributed by atoms with van der Waals surface area (Å²) in [5.41, 5.74) is 0.340. The molecule has 0 spiro atoms. The molecule has 0 saturated heterocycles. The average Bonchev–Trinajstić information content (AvgIpc) is 3.26. The molecule has 1 fully saturated rings. The lowest BCUT2D eigenvalue weighted by molar-refractivity contribution is 0.241. The SMILES string of the molecule is COc1ccc(Cl)cc1N(CCNC(=O)NC1CC1)S(C)(=O)=O. The van der Waals surface area contributed by atoms with Crippen molar-refractivity contribution < 1.29 is 17.9 Å². The molecule has 0 radical (unpaired) electrons. The van der Waals surface area contributed by atoms with Crippen molar-refractivity contribution >= 4 is 33.3 Å². The summed E-state index contributed by atoms with van der Waals surface area (Å²) in [6.45, 7) is 0.245. The van der Waals surface area contributed by atoms with E-state index in [1.54, 1.807) is 12.1 Å². The van der Waals surface area contributed by atoms with Crippen molar-refractivity contribution in [3.8, 4) is 5.75 Å². The molecule has 0 bridgehead atoms. The Morgan fingerprint density at radius 3 is 2.70 bits per heavy atom. The molecular weight excluding hydrogens is 342 g/mol. The van der Waals surface area contributed by atoms with Crippen LogP contribution in [0, 0.1) is 0 Å². The Morgan fingerprint density at radius 2 is 2.13 bits per heavy atom. The third-order valence-electron chi connectivity index (χ3n) is 3.32. The van der Waals surface area contributed by atoms with E-state index >= 15 is 0 Å². The highest BCUT2D eigenvalue weighted by atomic mass is 35.5. The third kappa shape index (κ3) is 5.18. The maximum absolute atomic E-state index is 12.1. The van der Waals surface area contributed by atoms with Crippen LogP contribution < -0.4 is 19.7 Å². The van der Waals surface area contributed by atoms with Gasteiger partial charge in [-0.2, -0.15) is 0 Å². The number of benzene rings is 1. The Kier molecular flexibility index (Phi) is 5.59. The largest absolute Gasteiger partial charge is 0.495 e. The zero-order chi connectivity index (χ0) is 17.0. The van der Waals surface area contributed by atoms with Gasteiger partial charge in [0, 0.05) is 17.6 Å². The zero-order valence-electron chi connectivity index (χ0n) is 13.0. The Balaban J connectivity index is 2.08. The van der Waals surface area contributed by atoms with Gasteiger partial charge in [0.15, 0.2) is 0 Å². The van der Waals surface area contributed by atoms with Crippen molar-refractivity contribution in [1.29, 1.82) is 0 Å². The molecule has 7 nitrogen and oxygen atoms in total. The molecule has 0 atom stereocenters. The number of amides is 2.